The fourth-order valence-electron chi connectivity index (χ4n) is 8.74. The van der Waals surface area contributed by atoms with Crippen LogP contribution in [-0.4, -0.2) is 69.4 Å². The molecule has 0 saturated carbocycles. The van der Waals surface area contributed by atoms with Gasteiger partial charge in [-0.3, -0.25) is 14.2 Å². The van der Waals surface area contributed by atoms with E-state index in [1.807, 2.05) is 33.3 Å². The van der Waals surface area contributed by atoms with E-state index in [9.17, 15) is 19.0 Å². The number of hydrogen-bond acceptors (Lipinski definition) is 7. The molecule has 1 amide bonds. The molecular weight excluding hydrogens is 952 g/mol. The van der Waals surface area contributed by atoms with Crippen molar-refractivity contribution >= 4 is 19.7 Å². The summed E-state index contributed by atoms with van der Waals surface area (Å²) < 4.78 is 30.3. The maximum absolute atomic E-state index is 13.5. The molecule has 0 heterocycles. The van der Waals surface area contributed by atoms with Crippen molar-refractivity contribution in [2.75, 3.05) is 40.9 Å². The minimum atomic E-state index is -4.72. The summed E-state index contributed by atoms with van der Waals surface area (Å²) in [6, 6.07) is -0.919. The molecule has 0 spiro atoms. The zero-order chi connectivity index (χ0) is 55.0. The molecule has 3 unspecified atom stereocenters. The molecule has 0 bridgehead atoms. The Balaban J connectivity index is 5.37. The number of carbonyl (C=O) groups is 2. The van der Waals surface area contributed by atoms with Gasteiger partial charge in [-0.1, -0.05) is 242 Å². The van der Waals surface area contributed by atoms with Crippen molar-refractivity contribution in [3.05, 3.63) is 72.9 Å². The Labute approximate surface area is 463 Å². The number of phosphoric ester groups is 1. The molecule has 0 aliphatic heterocycles. The van der Waals surface area contributed by atoms with Gasteiger partial charge in [0, 0.05) is 12.8 Å². The molecule has 0 saturated heterocycles. The fraction of sp³-hybridized carbons (Fsp3) is 0.785. The van der Waals surface area contributed by atoms with Gasteiger partial charge in [0.1, 0.15) is 19.3 Å². The predicted molar refractivity (Wildman–Crippen MR) is 321 cm³/mol. The number of ether oxygens (including phenoxy) is 1. The number of nitrogens with one attached hydrogen (secondary N) is 1. The molecule has 0 aliphatic carbocycles. The van der Waals surface area contributed by atoms with Crippen LogP contribution in [-0.2, 0) is 27.9 Å². The van der Waals surface area contributed by atoms with Crippen LogP contribution in [0.5, 0.6) is 0 Å². The van der Waals surface area contributed by atoms with E-state index in [-0.39, 0.29) is 31.3 Å². The number of amides is 1. The molecule has 75 heavy (non-hydrogen) atoms. The molecule has 0 aromatic rings. The topological polar surface area (TPSA) is 114 Å². The molecule has 10 heteroatoms. The van der Waals surface area contributed by atoms with Gasteiger partial charge in [0.2, 0.25) is 5.91 Å². The van der Waals surface area contributed by atoms with E-state index in [0.717, 1.165) is 70.6 Å². The summed E-state index contributed by atoms with van der Waals surface area (Å²) in [4.78, 5) is 40.0. The molecule has 0 aromatic carbocycles. The van der Waals surface area contributed by atoms with E-state index in [0.29, 0.717) is 17.4 Å². The van der Waals surface area contributed by atoms with E-state index >= 15 is 0 Å². The normalized spacial score (nSPS) is 14.2. The standard InChI is InChI=1S/C65H119N2O7P/c1-7-10-13-16-19-22-25-28-30-32-33-35-37-40-43-46-49-52-55-58-65(69)74-63(56-53-50-47-44-41-38-27-24-21-18-15-12-9-3)62(61-73-75(70,71)72-60-59-67(4,5)6)66-64(68)57-54-51-48-45-42-39-36-34-31-29-26-23-20-17-14-11-8-2/h20,23,28-31,36,39,45,48,53,56,62-63H,7-19,21-22,24-27,32-35,37-38,40-44,46-47,49-52,54-55,57-61H2,1-6H3,(H-,66,68,70,71)/b23-20-,30-28+,31-29-,39-36-,48-45-,56-53+. The van der Waals surface area contributed by atoms with Gasteiger partial charge in [0.25, 0.3) is 7.82 Å². The van der Waals surface area contributed by atoms with Gasteiger partial charge in [-0.25, -0.2) is 0 Å². The first-order valence-electron chi connectivity index (χ1n) is 31.2. The Morgan fingerprint density at radius 3 is 1.28 bits per heavy atom. The van der Waals surface area contributed by atoms with E-state index in [1.54, 1.807) is 0 Å². The molecule has 3 atom stereocenters. The molecule has 1 N–H and O–H groups in total. The molecule has 0 rings (SSSR count). The van der Waals surface area contributed by atoms with Crippen LogP contribution in [0, 0.1) is 0 Å². The molecule has 436 valence electrons. The second kappa shape index (κ2) is 54.8. The van der Waals surface area contributed by atoms with Crippen molar-refractivity contribution in [3.8, 4) is 0 Å². The van der Waals surface area contributed by atoms with E-state index in [4.69, 9.17) is 13.8 Å². The highest BCUT2D eigenvalue weighted by molar-refractivity contribution is 7.45. The lowest BCUT2D eigenvalue weighted by atomic mass is 10.0. The minimum Gasteiger partial charge on any atom is -0.756 e. The molecule has 0 fully saturated rings. The van der Waals surface area contributed by atoms with Crippen molar-refractivity contribution in [2.45, 2.75) is 290 Å². The average Bonchev–Trinajstić information content (AvgIpc) is 3.37. The number of nitrogens with zero attached hydrogens (tertiary/aromatic N) is 1. The molecule has 0 radical (unpaired) electrons. The highest BCUT2D eigenvalue weighted by Crippen LogP contribution is 2.38. The summed E-state index contributed by atoms with van der Waals surface area (Å²) >= 11 is 0. The van der Waals surface area contributed by atoms with Crippen molar-refractivity contribution in [3.63, 3.8) is 0 Å². The fourth-order valence-corrected chi connectivity index (χ4v) is 9.47. The lowest BCUT2D eigenvalue weighted by molar-refractivity contribution is -0.870. The first-order chi connectivity index (χ1) is 36.4. The van der Waals surface area contributed by atoms with E-state index < -0.39 is 26.6 Å². The van der Waals surface area contributed by atoms with Crippen LogP contribution in [0.1, 0.15) is 278 Å². The zero-order valence-corrected chi connectivity index (χ0v) is 50.6. The van der Waals surface area contributed by atoms with Crippen molar-refractivity contribution < 1.29 is 37.3 Å². The number of allylic oxidation sites excluding steroid dienone is 11. The van der Waals surface area contributed by atoms with Crippen LogP contribution < -0.4 is 10.2 Å². The second-order valence-electron chi connectivity index (χ2n) is 22.2. The molecule has 0 aliphatic rings. The summed E-state index contributed by atoms with van der Waals surface area (Å²) in [7, 11) is 1.15. The Morgan fingerprint density at radius 1 is 0.467 bits per heavy atom. The van der Waals surface area contributed by atoms with Gasteiger partial charge in [-0.05, 0) is 96.0 Å². The smallest absolute Gasteiger partial charge is 0.306 e. The second-order valence-corrected chi connectivity index (χ2v) is 23.6. The Bertz CT molecular complexity index is 1510. The van der Waals surface area contributed by atoms with Crippen molar-refractivity contribution in [2.24, 2.45) is 0 Å². The number of phosphoric acid groups is 1. The Morgan fingerprint density at radius 2 is 0.827 bits per heavy atom. The van der Waals surface area contributed by atoms with E-state index in [2.05, 4.69) is 86.8 Å². The number of esters is 1. The SMILES string of the molecule is CCCCC/C=C\C/C=C\C/C=C\C/C=C\CCCC(=O)NC(COP(=O)([O-])OCC[N+](C)(C)C)C(/C=C/CCCCCCCCCCCCC)OC(=O)CCCCCCCCCCC/C=C/CCCCCCCC. The summed E-state index contributed by atoms with van der Waals surface area (Å²) in [5.74, 6) is -0.605. The molecule has 9 nitrogen and oxygen atoms in total. The maximum atomic E-state index is 13.5. The van der Waals surface area contributed by atoms with Crippen LogP contribution in [0.15, 0.2) is 72.9 Å². The van der Waals surface area contributed by atoms with Crippen molar-refractivity contribution in [1.82, 2.24) is 5.32 Å². The number of hydrogen-bond donors (Lipinski definition) is 1. The highest BCUT2D eigenvalue weighted by atomic mass is 31.2. The third-order valence-electron chi connectivity index (χ3n) is 13.6. The van der Waals surface area contributed by atoms with Crippen LogP contribution in [0.25, 0.3) is 0 Å². The first-order valence-corrected chi connectivity index (χ1v) is 32.7. The van der Waals surface area contributed by atoms with Gasteiger partial charge in [-0.15, -0.1) is 0 Å². The van der Waals surface area contributed by atoms with Gasteiger partial charge < -0.3 is 28.5 Å². The van der Waals surface area contributed by atoms with Crippen LogP contribution in [0.3, 0.4) is 0 Å². The lowest BCUT2D eigenvalue weighted by Gasteiger charge is -2.30. The monoisotopic (exact) mass is 1070 g/mol. The third-order valence-corrected chi connectivity index (χ3v) is 14.6. The summed E-state index contributed by atoms with van der Waals surface area (Å²) in [6.07, 6.45) is 70.2. The number of quaternary nitrogens is 1. The minimum absolute atomic E-state index is 0.0344. The van der Waals surface area contributed by atoms with Gasteiger partial charge in [0.05, 0.1) is 33.8 Å². The average molecular weight is 1070 g/mol. The first kappa shape index (κ1) is 72.5. The maximum Gasteiger partial charge on any atom is 0.306 e. The van der Waals surface area contributed by atoms with Crippen LogP contribution in [0.2, 0.25) is 0 Å². The summed E-state index contributed by atoms with van der Waals surface area (Å²) in [5.41, 5.74) is 0. The van der Waals surface area contributed by atoms with Crippen LogP contribution >= 0.6 is 7.82 Å². The highest BCUT2D eigenvalue weighted by Gasteiger charge is 2.27. The Hall–Kier alpha value is -2.55. The lowest BCUT2D eigenvalue weighted by Crippen LogP contribution is -2.47. The number of unbranched alkanes of at least 4 members (excludes halogenated alkanes) is 30. The van der Waals surface area contributed by atoms with Crippen molar-refractivity contribution in [1.29, 1.82) is 0 Å². The third kappa shape index (κ3) is 56.0. The van der Waals surface area contributed by atoms with Gasteiger partial charge >= 0.3 is 5.97 Å². The van der Waals surface area contributed by atoms with Gasteiger partial charge in [0.15, 0.2) is 0 Å². The quantitative estimate of drug-likeness (QED) is 0.0212. The number of likely N-dealkylation sites (N-methyl/N-ethyl adjacent to an activating group) is 1. The predicted octanol–water partition coefficient (Wildman–Crippen LogP) is 18.6. The largest absolute Gasteiger partial charge is 0.756 e. The summed E-state index contributed by atoms with van der Waals surface area (Å²) in [6.45, 7) is 6.78. The van der Waals surface area contributed by atoms with Gasteiger partial charge in [-0.2, -0.15) is 0 Å². The van der Waals surface area contributed by atoms with E-state index in [1.165, 1.54) is 167 Å². The number of rotatable bonds is 56. The molecule has 0 aromatic heterocycles. The summed E-state index contributed by atoms with van der Waals surface area (Å²) in [5, 5.41) is 3.00. The van der Waals surface area contributed by atoms with Crippen LogP contribution in [0.4, 0.5) is 0 Å². The molecular formula is C65H119N2O7P. The number of carbonyl (C=O) groups excluding carboxylic acids is 2. The Kier molecular flexibility index (Phi) is 52.9. The zero-order valence-electron chi connectivity index (χ0n) is 49.7.